The third kappa shape index (κ3) is 3.69. The van der Waals surface area contributed by atoms with Gasteiger partial charge in [-0.15, -0.1) is 0 Å². The molecule has 1 aromatic carbocycles. The summed E-state index contributed by atoms with van der Waals surface area (Å²) >= 11 is 0. The third-order valence-electron chi connectivity index (χ3n) is 5.16. The maximum absolute atomic E-state index is 12.7. The van der Waals surface area contributed by atoms with Crippen molar-refractivity contribution < 1.29 is 13.9 Å². The van der Waals surface area contributed by atoms with E-state index >= 15 is 0 Å². The van der Waals surface area contributed by atoms with Crippen LogP contribution >= 0.6 is 0 Å². The Balaban J connectivity index is 1.64. The second kappa shape index (κ2) is 8.06. The molecule has 0 bridgehead atoms. The van der Waals surface area contributed by atoms with Crippen LogP contribution in [0.25, 0.3) is 11.1 Å². The normalized spacial score (nSPS) is 17.7. The van der Waals surface area contributed by atoms with Gasteiger partial charge in [-0.2, -0.15) is 0 Å². The molecule has 2 heterocycles. The minimum absolute atomic E-state index is 0.293. The van der Waals surface area contributed by atoms with Gasteiger partial charge in [-0.05, 0) is 24.8 Å². The van der Waals surface area contributed by atoms with Crippen LogP contribution in [0.4, 0.5) is 0 Å². The first kappa shape index (κ1) is 17.3. The van der Waals surface area contributed by atoms with Crippen LogP contribution in [0, 0.1) is 0 Å². The molecule has 5 heteroatoms. The van der Waals surface area contributed by atoms with Gasteiger partial charge in [0.15, 0.2) is 0 Å². The molecule has 1 aliphatic carbocycles. The summed E-state index contributed by atoms with van der Waals surface area (Å²) in [5, 5.41) is 0. The number of aryl methyl sites for hydroxylation is 1. The van der Waals surface area contributed by atoms with Crippen LogP contribution in [0.2, 0.25) is 0 Å². The minimum atomic E-state index is -0.293. The van der Waals surface area contributed by atoms with Gasteiger partial charge in [0.05, 0.1) is 13.2 Å². The van der Waals surface area contributed by atoms with Gasteiger partial charge in [0, 0.05) is 31.6 Å². The number of rotatable bonds is 5. The van der Waals surface area contributed by atoms with Crippen LogP contribution in [0.15, 0.2) is 39.5 Å². The molecule has 26 heavy (non-hydrogen) atoms. The highest BCUT2D eigenvalue weighted by Crippen LogP contribution is 2.36. The zero-order chi connectivity index (χ0) is 17.8. The quantitative estimate of drug-likeness (QED) is 0.825. The molecule has 0 atom stereocenters. The highest BCUT2D eigenvalue weighted by Gasteiger charge is 2.24. The highest BCUT2D eigenvalue weighted by atomic mass is 16.5. The van der Waals surface area contributed by atoms with Crippen molar-refractivity contribution >= 4 is 0 Å². The van der Waals surface area contributed by atoms with E-state index in [1.54, 1.807) is 0 Å². The molecule has 5 nitrogen and oxygen atoms in total. The molecule has 0 radical (unpaired) electrons. The first-order valence-electron chi connectivity index (χ1n) is 9.50. The van der Waals surface area contributed by atoms with Crippen molar-refractivity contribution in [1.29, 1.82) is 0 Å². The van der Waals surface area contributed by atoms with Crippen LogP contribution in [0.3, 0.4) is 0 Å². The lowest BCUT2D eigenvalue weighted by Gasteiger charge is -2.27. The molecular weight excluding hydrogens is 330 g/mol. The SMILES string of the molecule is O=c1oc2c(c(OCCN3CCOCC3)c1-c1ccccc1)CCCC2. The van der Waals surface area contributed by atoms with Gasteiger partial charge in [0.25, 0.3) is 0 Å². The number of fused-ring (bicyclic) bond motifs is 1. The summed E-state index contributed by atoms with van der Waals surface area (Å²) in [6, 6.07) is 9.70. The highest BCUT2D eigenvalue weighted by molar-refractivity contribution is 5.71. The molecule has 1 aliphatic heterocycles. The van der Waals surface area contributed by atoms with Crippen LogP contribution in [0.5, 0.6) is 5.75 Å². The average molecular weight is 355 g/mol. The molecule has 4 rings (SSSR count). The number of ether oxygens (including phenoxy) is 2. The minimum Gasteiger partial charge on any atom is -0.491 e. The van der Waals surface area contributed by atoms with E-state index in [0.29, 0.717) is 12.2 Å². The Morgan fingerprint density at radius 1 is 1.04 bits per heavy atom. The molecule has 0 N–H and O–H groups in total. The first-order valence-corrected chi connectivity index (χ1v) is 9.50. The van der Waals surface area contributed by atoms with E-state index in [-0.39, 0.29) is 5.63 Å². The fraction of sp³-hybridized carbons (Fsp3) is 0.476. The summed E-state index contributed by atoms with van der Waals surface area (Å²) in [5.74, 6) is 1.54. The maximum atomic E-state index is 12.7. The van der Waals surface area contributed by atoms with Gasteiger partial charge >= 0.3 is 5.63 Å². The molecule has 1 aromatic heterocycles. The number of nitrogens with zero attached hydrogens (tertiary/aromatic N) is 1. The van der Waals surface area contributed by atoms with E-state index in [1.165, 1.54) is 0 Å². The summed E-state index contributed by atoms with van der Waals surface area (Å²) in [5.41, 5.74) is 2.21. The molecule has 0 spiro atoms. The number of morpholine rings is 1. The zero-order valence-electron chi connectivity index (χ0n) is 15.0. The van der Waals surface area contributed by atoms with Crippen LogP contribution < -0.4 is 10.4 Å². The lowest BCUT2D eigenvalue weighted by atomic mass is 9.93. The average Bonchev–Trinajstić information content (AvgIpc) is 2.69. The standard InChI is InChI=1S/C21H25NO4/c23-21-19(16-6-2-1-3-7-16)20(17-8-4-5-9-18(17)26-21)25-15-12-22-10-13-24-14-11-22/h1-3,6-7H,4-5,8-15H2. The largest absolute Gasteiger partial charge is 0.491 e. The Morgan fingerprint density at radius 2 is 1.81 bits per heavy atom. The summed E-state index contributed by atoms with van der Waals surface area (Å²) in [6.45, 7) is 4.83. The molecule has 1 fully saturated rings. The Labute approximate surface area is 153 Å². The van der Waals surface area contributed by atoms with Gasteiger partial charge < -0.3 is 13.9 Å². The van der Waals surface area contributed by atoms with E-state index in [0.717, 1.165) is 81.2 Å². The molecule has 1 saturated heterocycles. The fourth-order valence-corrected chi connectivity index (χ4v) is 3.75. The molecule has 0 saturated carbocycles. The predicted octanol–water partition coefficient (Wildman–Crippen LogP) is 2.90. The second-order valence-corrected chi connectivity index (χ2v) is 6.87. The lowest BCUT2D eigenvalue weighted by molar-refractivity contribution is 0.0322. The van der Waals surface area contributed by atoms with Gasteiger partial charge in [-0.3, -0.25) is 4.90 Å². The second-order valence-electron chi connectivity index (χ2n) is 6.87. The van der Waals surface area contributed by atoms with Crippen LogP contribution in [-0.4, -0.2) is 44.4 Å². The van der Waals surface area contributed by atoms with Gasteiger partial charge in [0.1, 0.15) is 23.7 Å². The summed E-state index contributed by atoms with van der Waals surface area (Å²) in [4.78, 5) is 15.0. The van der Waals surface area contributed by atoms with Crippen molar-refractivity contribution in [2.24, 2.45) is 0 Å². The molecule has 0 amide bonds. The Bertz CT molecular complexity index is 794. The van der Waals surface area contributed by atoms with Crippen LogP contribution in [-0.2, 0) is 17.6 Å². The van der Waals surface area contributed by atoms with E-state index in [9.17, 15) is 4.79 Å². The van der Waals surface area contributed by atoms with Crippen molar-refractivity contribution in [3.05, 3.63) is 52.1 Å². The van der Waals surface area contributed by atoms with Crippen molar-refractivity contribution in [2.45, 2.75) is 25.7 Å². The Kier molecular flexibility index (Phi) is 5.37. The maximum Gasteiger partial charge on any atom is 0.347 e. The summed E-state index contributed by atoms with van der Waals surface area (Å²) in [7, 11) is 0. The molecule has 2 aromatic rings. The molecule has 138 valence electrons. The van der Waals surface area contributed by atoms with E-state index in [4.69, 9.17) is 13.9 Å². The Hall–Kier alpha value is -2.11. The van der Waals surface area contributed by atoms with Crippen molar-refractivity contribution in [3.8, 4) is 16.9 Å². The monoisotopic (exact) mass is 355 g/mol. The van der Waals surface area contributed by atoms with E-state index < -0.39 is 0 Å². The van der Waals surface area contributed by atoms with Crippen LogP contribution in [0.1, 0.15) is 24.2 Å². The summed E-state index contributed by atoms with van der Waals surface area (Å²) in [6.07, 6.45) is 3.90. The Morgan fingerprint density at radius 3 is 2.62 bits per heavy atom. The van der Waals surface area contributed by atoms with Gasteiger partial charge in [0.2, 0.25) is 0 Å². The molecular formula is C21H25NO4. The predicted molar refractivity (Wildman–Crippen MR) is 99.8 cm³/mol. The van der Waals surface area contributed by atoms with Crippen molar-refractivity contribution in [3.63, 3.8) is 0 Å². The first-order chi connectivity index (χ1) is 12.8. The van der Waals surface area contributed by atoms with Gasteiger partial charge in [-0.1, -0.05) is 30.3 Å². The number of hydrogen-bond donors (Lipinski definition) is 0. The summed E-state index contributed by atoms with van der Waals surface area (Å²) < 4.78 is 17.3. The fourth-order valence-electron chi connectivity index (χ4n) is 3.75. The van der Waals surface area contributed by atoms with Gasteiger partial charge in [-0.25, -0.2) is 4.79 Å². The zero-order valence-corrected chi connectivity index (χ0v) is 15.0. The van der Waals surface area contributed by atoms with Crippen molar-refractivity contribution in [2.75, 3.05) is 39.5 Å². The topological polar surface area (TPSA) is 51.9 Å². The molecule has 0 unspecified atom stereocenters. The smallest absolute Gasteiger partial charge is 0.347 e. The number of benzene rings is 1. The van der Waals surface area contributed by atoms with E-state index in [1.807, 2.05) is 30.3 Å². The lowest BCUT2D eigenvalue weighted by Crippen LogP contribution is -2.38. The third-order valence-corrected chi connectivity index (χ3v) is 5.16. The van der Waals surface area contributed by atoms with E-state index in [2.05, 4.69) is 4.90 Å². The van der Waals surface area contributed by atoms with Crippen molar-refractivity contribution in [1.82, 2.24) is 4.90 Å². The number of hydrogen-bond acceptors (Lipinski definition) is 5. The molecule has 2 aliphatic rings.